The first-order valence-corrected chi connectivity index (χ1v) is 8.94. The summed E-state index contributed by atoms with van der Waals surface area (Å²) in [6.07, 6.45) is 2.79. The monoisotopic (exact) mass is 352 g/mol. The van der Waals surface area contributed by atoms with Gasteiger partial charge in [0.15, 0.2) is 4.80 Å². The quantitative estimate of drug-likeness (QED) is 0.646. The Morgan fingerprint density at radius 1 is 1.28 bits per heavy atom. The van der Waals surface area contributed by atoms with Gasteiger partial charge in [-0.1, -0.05) is 30.4 Å². The Balaban J connectivity index is 2.08. The summed E-state index contributed by atoms with van der Waals surface area (Å²) in [5.74, 6) is 0.454. The number of methoxy groups -OCH3 is 1. The van der Waals surface area contributed by atoms with Crippen molar-refractivity contribution in [1.82, 2.24) is 4.57 Å². The average molecular weight is 352 g/mol. The number of carbonyl (C=O) groups excluding carboxylic acids is 1. The van der Waals surface area contributed by atoms with Gasteiger partial charge in [-0.2, -0.15) is 4.99 Å². The molecule has 0 atom stereocenters. The molecular weight excluding hydrogens is 332 g/mol. The van der Waals surface area contributed by atoms with Gasteiger partial charge in [-0.25, -0.2) is 0 Å². The molecule has 2 aromatic carbocycles. The van der Waals surface area contributed by atoms with Crippen molar-refractivity contribution in [3.8, 4) is 5.75 Å². The number of carbonyl (C=O) groups is 1. The number of hydrogen-bond donors (Lipinski definition) is 0. The van der Waals surface area contributed by atoms with Crippen LogP contribution in [-0.2, 0) is 13.0 Å². The molecule has 5 heteroatoms. The predicted octanol–water partition coefficient (Wildman–Crippen LogP) is 4.20. The zero-order valence-electron chi connectivity index (χ0n) is 14.4. The molecule has 3 aromatic rings. The summed E-state index contributed by atoms with van der Waals surface area (Å²) >= 11 is 1.53. The number of nitrogens with zero attached hydrogens (tertiary/aromatic N) is 2. The molecule has 1 aromatic heterocycles. The zero-order valence-corrected chi connectivity index (χ0v) is 15.2. The lowest BCUT2D eigenvalue weighted by molar-refractivity contribution is 0.0998. The highest BCUT2D eigenvalue weighted by Crippen LogP contribution is 2.20. The third kappa shape index (κ3) is 3.56. The Kier molecular flexibility index (Phi) is 5.14. The maximum Gasteiger partial charge on any atom is 0.279 e. The van der Waals surface area contributed by atoms with Gasteiger partial charge in [-0.05, 0) is 48.4 Å². The van der Waals surface area contributed by atoms with E-state index in [4.69, 9.17) is 4.74 Å². The molecule has 0 aliphatic rings. The van der Waals surface area contributed by atoms with Crippen LogP contribution in [0.4, 0.5) is 0 Å². The molecule has 3 rings (SSSR count). The van der Waals surface area contributed by atoms with Gasteiger partial charge in [-0.3, -0.25) is 4.79 Å². The van der Waals surface area contributed by atoms with Gasteiger partial charge in [0.05, 0.1) is 17.3 Å². The molecule has 0 fully saturated rings. The lowest BCUT2D eigenvalue weighted by Crippen LogP contribution is -2.16. The average Bonchev–Trinajstić information content (AvgIpc) is 2.98. The normalized spacial score (nSPS) is 11.7. The van der Waals surface area contributed by atoms with E-state index in [9.17, 15) is 4.79 Å². The maximum atomic E-state index is 12.5. The van der Waals surface area contributed by atoms with Crippen molar-refractivity contribution in [2.45, 2.75) is 19.9 Å². The van der Waals surface area contributed by atoms with Crippen LogP contribution < -0.4 is 9.54 Å². The van der Waals surface area contributed by atoms with Crippen LogP contribution in [0.25, 0.3) is 10.2 Å². The van der Waals surface area contributed by atoms with Crippen molar-refractivity contribution in [3.05, 3.63) is 71.0 Å². The molecular formula is C20H20N2O2S. The second-order valence-electron chi connectivity index (χ2n) is 5.59. The number of amides is 1. The second kappa shape index (κ2) is 7.49. The molecule has 0 spiro atoms. The van der Waals surface area contributed by atoms with Crippen molar-refractivity contribution in [2.75, 3.05) is 7.11 Å². The summed E-state index contributed by atoms with van der Waals surface area (Å²) in [5, 5.41) is 0. The van der Waals surface area contributed by atoms with Gasteiger partial charge in [0, 0.05) is 12.1 Å². The first-order valence-electron chi connectivity index (χ1n) is 8.12. The third-order valence-electron chi connectivity index (χ3n) is 4.00. The summed E-state index contributed by atoms with van der Waals surface area (Å²) < 4.78 is 8.27. The molecule has 0 unspecified atom stereocenters. The van der Waals surface area contributed by atoms with Crippen LogP contribution in [0.15, 0.2) is 60.1 Å². The van der Waals surface area contributed by atoms with Gasteiger partial charge in [0.1, 0.15) is 5.75 Å². The molecule has 0 radical (unpaired) electrons. The molecule has 25 heavy (non-hydrogen) atoms. The first-order chi connectivity index (χ1) is 12.2. The van der Waals surface area contributed by atoms with Gasteiger partial charge in [-0.15, -0.1) is 6.58 Å². The van der Waals surface area contributed by atoms with E-state index in [0.717, 1.165) is 16.6 Å². The highest BCUT2D eigenvalue weighted by molar-refractivity contribution is 7.16. The Morgan fingerprint density at radius 3 is 2.68 bits per heavy atom. The summed E-state index contributed by atoms with van der Waals surface area (Å²) in [5.41, 5.74) is 2.88. The largest absolute Gasteiger partial charge is 0.497 e. The molecule has 4 nitrogen and oxygen atoms in total. The second-order valence-corrected chi connectivity index (χ2v) is 6.59. The number of aromatic nitrogens is 1. The molecule has 0 bridgehead atoms. The van der Waals surface area contributed by atoms with E-state index in [1.165, 1.54) is 16.9 Å². The van der Waals surface area contributed by atoms with Crippen LogP contribution >= 0.6 is 11.3 Å². The number of fused-ring (bicyclic) bond motifs is 1. The Labute approximate surface area is 150 Å². The summed E-state index contributed by atoms with van der Waals surface area (Å²) in [4.78, 5) is 17.6. The van der Waals surface area contributed by atoms with Crippen molar-refractivity contribution < 1.29 is 9.53 Å². The summed E-state index contributed by atoms with van der Waals surface area (Å²) in [7, 11) is 1.60. The van der Waals surface area contributed by atoms with Crippen molar-refractivity contribution in [2.24, 2.45) is 4.99 Å². The van der Waals surface area contributed by atoms with E-state index in [-0.39, 0.29) is 5.91 Å². The fourth-order valence-electron chi connectivity index (χ4n) is 2.61. The van der Waals surface area contributed by atoms with Crippen LogP contribution in [-0.4, -0.2) is 17.6 Å². The molecule has 128 valence electrons. The molecule has 1 heterocycles. The number of rotatable bonds is 5. The summed E-state index contributed by atoms with van der Waals surface area (Å²) in [6, 6.07) is 13.3. The molecule has 0 saturated carbocycles. The molecule has 0 saturated heterocycles. The highest BCUT2D eigenvalue weighted by atomic mass is 32.1. The minimum atomic E-state index is -0.261. The summed E-state index contributed by atoms with van der Waals surface area (Å²) in [6.45, 7) is 6.56. The van der Waals surface area contributed by atoms with E-state index >= 15 is 0 Å². The molecule has 0 N–H and O–H groups in total. The van der Waals surface area contributed by atoms with Gasteiger partial charge in [0.2, 0.25) is 0 Å². The van der Waals surface area contributed by atoms with E-state index in [1.807, 2.05) is 10.6 Å². The minimum absolute atomic E-state index is 0.261. The van der Waals surface area contributed by atoms with Crippen LogP contribution in [0.2, 0.25) is 0 Å². The van der Waals surface area contributed by atoms with Crippen molar-refractivity contribution >= 4 is 27.5 Å². The maximum absolute atomic E-state index is 12.5. The van der Waals surface area contributed by atoms with Crippen molar-refractivity contribution in [3.63, 3.8) is 0 Å². The fraction of sp³-hybridized carbons (Fsp3) is 0.200. The smallest absolute Gasteiger partial charge is 0.279 e. The van der Waals surface area contributed by atoms with Gasteiger partial charge < -0.3 is 9.30 Å². The number of hydrogen-bond acceptors (Lipinski definition) is 3. The third-order valence-corrected chi connectivity index (χ3v) is 5.04. The number of ether oxygens (including phenoxy) is 1. The standard InChI is InChI=1S/C20H20N2O2S/c1-4-12-22-17-11-6-14(5-2)13-18(17)25-20(22)21-19(23)15-7-9-16(24-3)10-8-15/h4,6-11,13H,1,5,12H2,2-3H3. The Bertz CT molecular complexity index is 981. The van der Waals surface area contributed by atoms with Crippen LogP contribution in [0.5, 0.6) is 5.75 Å². The van der Waals surface area contributed by atoms with Gasteiger partial charge in [0.25, 0.3) is 5.91 Å². The van der Waals surface area contributed by atoms with Gasteiger partial charge >= 0.3 is 0 Å². The minimum Gasteiger partial charge on any atom is -0.497 e. The lowest BCUT2D eigenvalue weighted by Gasteiger charge is -2.02. The van der Waals surface area contributed by atoms with E-state index in [2.05, 4.69) is 36.7 Å². The van der Waals surface area contributed by atoms with E-state index in [0.29, 0.717) is 22.7 Å². The van der Waals surface area contributed by atoms with E-state index < -0.39 is 0 Å². The lowest BCUT2D eigenvalue weighted by atomic mass is 10.2. The van der Waals surface area contributed by atoms with Crippen LogP contribution in [0.1, 0.15) is 22.8 Å². The molecule has 1 amide bonds. The number of aryl methyl sites for hydroxylation is 1. The molecule has 0 aliphatic heterocycles. The fourth-order valence-corrected chi connectivity index (χ4v) is 3.71. The number of thiazole rings is 1. The van der Waals surface area contributed by atoms with E-state index in [1.54, 1.807) is 31.4 Å². The highest BCUT2D eigenvalue weighted by Gasteiger charge is 2.09. The SMILES string of the molecule is C=CCn1c(=NC(=O)c2ccc(OC)cc2)sc2cc(CC)ccc21. The molecule has 0 aliphatic carbocycles. The van der Waals surface area contributed by atoms with Crippen LogP contribution in [0, 0.1) is 0 Å². The number of allylic oxidation sites excluding steroid dienone is 1. The van der Waals surface area contributed by atoms with Crippen LogP contribution in [0.3, 0.4) is 0 Å². The Hall–Kier alpha value is -2.66. The predicted molar refractivity (Wildman–Crippen MR) is 102 cm³/mol. The topological polar surface area (TPSA) is 43.6 Å². The number of benzene rings is 2. The zero-order chi connectivity index (χ0) is 17.8. The van der Waals surface area contributed by atoms with Crippen molar-refractivity contribution in [1.29, 1.82) is 0 Å². The first kappa shape index (κ1) is 17.2. The Morgan fingerprint density at radius 2 is 2.04 bits per heavy atom.